The van der Waals surface area contributed by atoms with E-state index in [1.807, 2.05) is 0 Å². The summed E-state index contributed by atoms with van der Waals surface area (Å²) in [4.78, 5) is 11.1. The van der Waals surface area contributed by atoms with Crippen LogP contribution in [0.4, 0.5) is 0 Å². The Morgan fingerprint density at radius 1 is 1.36 bits per heavy atom. The predicted molar refractivity (Wildman–Crippen MR) is 50.9 cm³/mol. The first kappa shape index (κ1) is 9.21. The van der Waals surface area contributed by atoms with Crippen LogP contribution in [0.15, 0.2) is 24.3 Å². The molecular weight excluding hydrogens is 180 g/mol. The minimum absolute atomic E-state index is 0.348. The second-order valence-corrected chi connectivity index (χ2v) is 3.60. The van der Waals surface area contributed by atoms with E-state index in [1.165, 1.54) is 7.11 Å². The molecule has 0 heterocycles. The number of methoxy groups -OCH3 is 1. The number of carbonyl (C=O) groups is 1. The van der Waals surface area contributed by atoms with E-state index in [4.69, 9.17) is 0 Å². The summed E-state index contributed by atoms with van der Waals surface area (Å²) < 4.78 is 4.58. The molecule has 0 spiro atoms. The standard InChI is InChI=1S/C11H12O3/c1-14-10(12)8-2-4-9(5-3-8)11(13)6-7-11/h2-5,13H,6-7H2,1H3. The van der Waals surface area contributed by atoms with Gasteiger partial charge in [0.2, 0.25) is 0 Å². The van der Waals surface area contributed by atoms with Crippen molar-refractivity contribution in [1.29, 1.82) is 0 Å². The molecule has 1 aliphatic rings. The molecule has 0 aliphatic heterocycles. The van der Waals surface area contributed by atoms with Crippen molar-refractivity contribution in [2.45, 2.75) is 18.4 Å². The Bertz CT molecular complexity index is 349. The smallest absolute Gasteiger partial charge is 0.337 e. The van der Waals surface area contributed by atoms with Gasteiger partial charge >= 0.3 is 5.97 Å². The van der Waals surface area contributed by atoms with Gasteiger partial charge in [-0.3, -0.25) is 0 Å². The van der Waals surface area contributed by atoms with Crippen LogP contribution in [-0.4, -0.2) is 18.2 Å². The Morgan fingerprint density at radius 2 is 1.93 bits per heavy atom. The van der Waals surface area contributed by atoms with Crippen molar-refractivity contribution in [2.75, 3.05) is 7.11 Å². The van der Waals surface area contributed by atoms with Gasteiger partial charge in [0.1, 0.15) is 0 Å². The van der Waals surface area contributed by atoms with Crippen molar-refractivity contribution in [3.63, 3.8) is 0 Å². The van der Waals surface area contributed by atoms with Gasteiger partial charge in [0.05, 0.1) is 18.3 Å². The number of ether oxygens (including phenoxy) is 1. The van der Waals surface area contributed by atoms with Crippen LogP contribution in [0.1, 0.15) is 28.8 Å². The zero-order valence-corrected chi connectivity index (χ0v) is 7.99. The van der Waals surface area contributed by atoms with E-state index in [0.717, 1.165) is 18.4 Å². The van der Waals surface area contributed by atoms with Crippen molar-refractivity contribution in [1.82, 2.24) is 0 Å². The number of hydrogen-bond acceptors (Lipinski definition) is 3. The quantitative estimate of drug-likeness (QED) is 0.721. The summed E-state index contributed by atoms with van der Waals surface area (Å²) in [6.45, 7) is 0. The third kappa shape index (κ3) is 1.51. The molecule has 1 saturated carbocycles. The van der Waals surface area contributed by atoms with E-state index < -0.39 is 5.60 Å². The highest BCUT2D eigenvalue weighted by molar-refractivity contribution is 5.89. The maximum absolute atomic E-state index is 11.1. The SMILES string of the molecule is COC(=O)c1ccc(C2(O)CC2)cc1. The van der Waals surface area contributed by atoms with Crippen molar-refractivity contribution in [3.05, 3.63) is 35.4 Å². The van der Waals surface area contributed by atoms with Gasteiger partial charge in [-0.25, -0.2) is 4.79 Å². The third-order valence-corrected chi connectivity index (χ3v) is 2.57. The highest BCUT2D eigenvalue weighted by atomic mass is 16.5. The summed E-state index contributed by atoms with van der Waals surface area (Å²) in [5, 5.41) is 9.77. The molecule has 74 valence electrons. The molecule has 1 aromatic rings. The van der Waals surface area contributed by atoms with E-state index in [9.17, 15) is 9.90 Å². The van der Waals surface area contributed by atoms with E-state index in [0.29, 0.717) is 5.56 Å². The molecule has 0 aromatic heterocycles. The molecule has 1 aromatic carbocycles. The Kier molecular flexibility index (Phi) is 2.04. The molecule has 1 N–H and O–H groups in total. The minimum Gasteiger partial charge on any atom is -0.465 e. The van der Waals surface area contributed by atoms with Crippen LogP contribution in [0, 0.1) is 0 Å². The van der Waals surface area contributed by atoms with Crippen molar-refractivity contribution in [3.8, 4) is 0 Å². The molecule has 0 saturated heterocycles. The Labute approximate surface area is 82.3 Å². The molecule has 14 heavy (non-hydrogen) atoms. The third-order valence-electron chi connectivity index (χ3n) is 2.57. The molecule has 0 atom stereocenters. The van der Waals surface area contributed by atoms with Crippen molar-refractivity contribution < 1.29 is 14.6 Å². The fraction of sp³-hybridized carbons (Fsp3) is 0.364. The lowest BCUT2D eigenvalue weighted by atomic mass is 10.1. The average molecular weight is 192 g/mol. The van der Waals surface area contributed by atoms with Crippen LogP contribution in [-0.2, 0) is 10.3 Å². The normalized spacial score (nSPS) is 17.6. The van der Waals surface area contributed by atoms with Gasteiger partial charge in [0.15, 0.2) is 0 Å². The lowest BCUT2D eigenvalue weighted by Gasteiger charge is -2.07. The molecule has 0 bridgehead atoms. The molecule has 3 heteroatoms. The Morgan fingerprint density at radius 3 is 2.36 bits per heavy atom. The number of hydrogen-bond donors (Lipinski definition) is 1. The summed E-state index contributed by atoms with van der Waals surface area (Å²) >= 11 is 0. The van der Waals surface area contributed by atoms with Gasteiger partial charge in [-0.15, -0.1) is 0 Å². The Balaban J connectivity index is 2.22. The second-order valence-electron chi connectivity index (χ2n) is 3.60. The second kappa shape index (κ2) is 3.10. The topological polar surface area (TPSA) is 46.5 Å². The highest BCUT2D eigenvalue weighted by Crippen LogP contribution is 2.45. The molecule has 0 amide bonds. The molecular formula is C11H12O3. The zero-order valence-electron chi connectivity index (χ0n) is 7.99. The van der Waals surface area contributed by atoms with Gasteiger partial charge in [0.25, 0.3) is 0 Å². The maximum atomic E-state index is 11.1. The number of aliphatic hydroxyl groups is 1. The van der Waals surface area contributed by atoms with E-state index >= 15 is 0 Å². The summed E-state index contributed by atoms with van der Waals surface area (Å²) in [6.07, 6.45) is 1.62. The van der Waals surface area contributed by atoms with Crippen LogP contribution in [0.2, 0.25) is 0 Å². The van der Waals surface area contributed by atoms with Crippen LogP contribution in [0.3, 0.4) is 0 Å². The fourth-order valence-corrected chi connectivity index (χ4v) is 1.44. The largest absolute Gasteiger partial charge is 0.465 e. The predicted octanol–water partition coefficient (Wildman–Crippen LogP) is 1.45. The highest BCUT2D eigenvalue weighted by Gasteiger charge is 2.41. The minimum atomic E-state index is -0.630. The van der Waals surface area contributed by atoms with E-state index in [1.54, 1.807) is 24.3 Å². The summed E-state index contributed by atoms with van der Waals surface area (Å²) in [7, 11) is 1.35. The number of carbonyl (C=O) groups excluding carboxylic acids is 1. The van der Waals surface area contributed by atoms with Gasteiger partial charge in [-0.05, 0) is 30.5 Å². The molecule has 3 nitrogen and oxygen atoms in total. The summed E-state index contributed by atoms with van der Waals surface area (Å²) in [5.74, 6) is -0.348. The van der Waals surface area contributed by atoms with Gasteiger partial charge in [-0.1, -0.05) is 12.1 Å². The lowest BCUT2D eigenvalue weighted by Crippen LogP contribution is -2.06. The number of benzene rings is 1. The van der Waals surface area contributed by atoms with E-state index in [-0.39, 0.29) is 5.97 Å². The zero-order chi connectivity index (χ0) is 10.2. The van der Waals surface area contributed by atoms with Crippen LogP contribution >= 0.6 is 0 Å². The summed E-state index contributed by atoms with van der Waals surface area (Å²) in [5.41, 5.74) is 0.764. The van der Waals surface area contributed by atoms with Gasteiger partial charge < -0.3 is 9.84 Å². The first-order valence-electron chi connectivity index (χ1n) is 4.57. The Hall–Kier alpha value is -1.35. The first-order valence-corrected chi connectivity index (χ1v) is 4.57. The van der Waals surface area contributed by atoms with Crippen LogP contribution < -0.4 is 0 Å². The van der Waals surface area contributed by atoms with Crippen molar-refractivity contribution >= 4 is 5.97 Å². The summed E-state index contributed by atoms with van der Waals surface area (Å²) in [6, 6.07) is 6.91. The number of rotatable bonds is 2. The lowest BCUT2D eigenvalue weighted by molar-refractivity contribution is 0.0600. The van der Waals surface area contributed by atoms with Gasteiger partial charge in [0, 0.05) is 0 Å². The molecule has 0 radical (unpaired) electrons. The fourth-order valence-electron chi connectivity index (χ4n) is 1.44. The molecule has 1 aliphatic carbocycles. The molecule has 1 fully saturated rings. The molecule has 2 rings (SSSR count). The molecule has 0 unspecified atom stereocenters. The first-order chi connectivity index (χ1) is 6.65. The maximum Gasteiger partial charge on any atom is 0.337 e. The van der Waals surface area contributed by atoms with Crippen molar-refractivity contribution in [2.24, 2.45) is 0 Å². The van der Waals surface area contributed by atoms with E-state index in [2.05, 4.69) is 4.74 Å². The monoisotopic (exact) mass is 192 g/mol. The average Bonchev–Trinajstić information content (AvgIpc) is 2.97. The van der Waals surface area contributed by atoms with Gasteiger partial charge in [-0.2, -0.15) is 0 Å². The van der Waals surface area contributed by atoms with Crippen LogP contribution in [0.5, 0.6) is 0 Å². The van der Waals surface area contributed by atoms with Crippen LogP contribution in [0.25, 0.3) is 0 Å². The number of esters is 1.